The number of allylic oxidation sites excluding steroid dienone is 1. The molecule has 0 bridgehead atoms. The highest BCUT2D eigenvalue weighted by molar-refractivity contribution is 14.1. The van der Waals surface area contributed by atoms with Gasteiger partial charge >= 0.3 is 0 Å². The molecule has 0 aromatic carbocycles. The van der Waals surface area contributed by atoms with Crippen molar-refractivity contribution < 1.29 is 0 Å². The van der Waals surface area contributed by atoms with Crippen molar-refractivity contribution in [1.82, 2.24) is 0 Å². The second-order valence-corrected chi connectivity index (χ2v) is 1.57. The van der Waals surface area contributed by atoms with Gasteiger partial charge in [-0.25, -0.2) is 3.21 Å². The first-order valence-electron chi connectivity index (χ1n) is 1.85. The zero-order chi connectivity index (χ0) is 5.70. The Morgan fingerprint density at radius 1 is 1.86 bits per heavy atom. The average molecular weight is 210 g/mol. The van der Waals surface area contributed by atoms with Crippen LogP contribution in [0, 0.1) is 0 Å². The van der Waals surface area contributed by atoms with Crippen LogP contribution in [-0.2, 0) is 0 Å². The number of halogens is 1. The Morgan fingerprint density at radius 3 is 2.57 bits per heavy atom. The topological polar surface area (TPSA) is 38.4 Å². The highest BCUT2D eigenvalue weighted by atomic mass is 127. The van der Waals surface area contributed by atoms with E-state index in [1.807, 2.05) is 29.8 Å². The summed E-state index contributed by atoms with van der Waals surface area (Å²) in [5.41, 5.74) is 5.97. The van der Waals surface area contributed by atoms with E-state index in [1.165, 1.54) is 6.20 Å². The van der Waals surface area contributed by atoms with E-state index in [-0.39, 0.29) is 0 Å². The van der Waals surface area contributed by atoms with Crippen LogP contribution in [0.4, 0.5) is 0 Å². The van der Waals surface area contributed by atoms with Crippen molar-refractivity contribution in [3.63, 3.8) is 0 Å². The molecule has 0 aromatic rings. The molecule has 0 spiro atoms. The largest absolute Gasteiger partial charge is 0.405 e. The zero-order valence-corrected chi connectivity index (χ0v) is 6.21. The SMILES string of the molecule is CC(C=CN)=NI. The van der Waals surface area contributed by atoms with Gasteiger partial charge in [0.1, 0.15) is 0 Å². The van der Waals surface area contributed by atoms with E-state index in [0.29, 0.717) is 0 Å². The molecule has 0 unspecified atom stereocenters. The number of hydrogen-bond donors (Lipinski definition) is 1. The third kappa shape index (κ3) is 3.78. The van der Waals surface area contributed by atoms with Crippen molar-refractivity contribution in [1.29, 1.82) is 0 Å². The van der Waals surface area contributed by atoms with Gasteiger partial charge < -0.3 is 5.73 Å². The van der Waals surface area contributed by atoms with Gasteiger partial charge in [0.15, 0.2) is 0 Å². The minimum absolute atomic E-state index is 0.933. The maximum atomic E-state index is 5.04. The van der Waals surface area contributed by atoms with Crippen LogP contribution in [0.1, 0.15) is 6.92 Å². The summed E-state index contributed by atoms with van der Waals surface area (Å²) in [6, 6.07) is 0. The summed E-state index contributed by atoms with van der Waals surface area (Å²) in [4.78, 5) is 0. The highest BCUT2D eigenvalue weighted by Gasteiger charge is 1.73. The molecule has 0 aliphatic carbocycles. The van der Waals surface area contributed by atoms with Gasteiger partial charge in [-0.2, -0.15) is 0 Å². The Balaban J connectivity index is 3.58. The Hall–Kier alpha value is -0.0600. The molecule has 2 nitrogen and oxygen atoms in total. The molecule has 40 valence electrons. The van der Waals surface area contributed by atoms with Crippen molar-refractivity contribution in [2.45, 2.75) is 6.92 Å². The van der Waals surface area contributed by atoms with E-state index in [1.54, 1.807) is 6.08 Å². The molecule has 0 saturated heterocycles. The number of nitrogens with two attached hydrogens (primary N) is 1. The predicted molar refractivity (Wildman–Crippen MR) is 40.5 cm³/mol. The normalized spacial score (nSPS) is 13.1. The summed E-state index contributed by atoms with van der Waals surface area (Å²) < 4.78 is 3.80. The third-order valence-electron chi connectivity index (χ3n) is 0.471. The summed E-state index contributed by atoms with van der Waals surface area (Å²) in [5, 5.41) is 0. The summed E-state index contributed by atoms with van der Waals surface area (Å²) in [6.45, 7) is 1.88. The fraction of sp³-hybridized carbons (Fsp3) is 0.250. The van der Waals surface area contributed by atoms with Gasteiger partial charge in [0.05, 0.1) is 22.9 Å². The van der Waals surface area contributed by atoms with Gasteiger partial charge in [0.2, 0.25) is 0 Å². The maximum absolute atomic E-state index is 5.04. The third-order valence-corrected chi connectivity index (χ3v) is 1.23. The number of rotatable bonds is 1. The summed E-state index contributed by atoms with van der Waals surface area (Å²) in [5.74, 6) is 0. The molecule has 0 aliphatic heterocycles. The number of hydrogen-bond acceptors (Lipinski definition) is 2. The van der Waals surface area contributed by atoms with Crippen molar-refractivity contribution in [2.75, 3.05) is 0 Å². The molecule has 0 fully saturated rings. The molecule has 2 N–H and O–H groups in total. The van der Waals surface area contributed by atoms with Gasteiger partial charge in [-0.05, 0) is 19.2 Å². The number of nitrogens with zero attached hydrogens (tertiary/aromatic N) is 1. The van der Waals surface area contributed by atoms with Gasteiger partial charge in [-0.3, -0.25) is 0 Å². The molecule has 0 saturated carbocycles. The molecule has 7 heavy (non-hydrogen) atoms. The van der Waals surface area contributed by atoms with Crippen LogP contribution in [0.2, 0.25) is 0 Å². The predicted octanol–water partition coefficient (Wildman–Crippen LogP) is 1.27. The molecule has 3 heteroatoms. The molecular formula is C4H7IN2. The lowest BCUT2D eigenvalue weighted by atomic mass is 10.4. The lowest BCUT2D eigenvalue weighted by Gasteiger charge is -1.78. The highest BCUT2D eigenvalue weighted by Crippen LogP contribution is 1.85. The Morgan fingerprint density at radius 2 is 2.43 bits per heavy atom. The summed E-state index contributed by atoms with van der Waals surface area (Å²) >= 11 is 1.92. The second kappa shape index (κ2) is 4.11. The first-order chi connectivity index (χ1) is 3.31. The maximum Gasteiger partial charge on any atom is 0.0834 e. The first-order valence-corrected chi connectivity index (χ1v) is 2.81. The molecule has 0 radical (unpaired) electrons. The summed E-state index contributed by atoms with van der Waals surface area (Å²) in [6.07, 6.45) is 3.21. The quantitative estimate of drug-likeness (QED) is 0.513. The van der Waals surface area contributed by atoms with Gasteiger partial charge in [0, 0.05) is 5.71 Å². The van der Waals surface area contributed by atoms with E-state index in [9.17, 15) is 0 Å². The van der Waals surface area contributed by atoms with E-state index >= 15 is 0 Å². The van der Waals surface area contributed by atoms with E-state index in [0.717, 1.165) is 5.71 Å². The van der Waals surface area contributed by atoms with Crippen LogP contribution >= 0.6 is 22.9 Å². The smallest absolute Gasteiger partial charge is 0.0834 e. The summed E-state index contributed by atoms with van der Waals surface area (Å²) in [7, 11) is 0. The van der Waals surface area contributed by atoms with Crippen LogP contribution in [0.3, 0.4) is 0 Å². The van der Waals surface area contributed by atoms with Crippen LogP contribution in [0.15, 0.2) is 15.5 Å². The zero-order valence-electron chi connectivity index (χ0n) is 4.06. The van der Waals surface area contributed by atoms with Crippen LogP contribution in [-0.4, -0.2) is 5.71 Å². The lowest BCUT2D eigenvalue weighted by molar-refractivity contribution is 1.61. The van der Waals surface area contributed by atoms with Crippen molar-refractivity contribution in [3.8, 4) is 0 Å². The molecule has 0 amide bonds. The van der Waals surface area contributed by atoms with Crippen LogP contribution in [0.5, 0.6) is 0 Å². The molecule has 0 aliphatic rings. The molecule has 0 heterocycles. The van der Waals surface area contributed by atoms with Gasteiger partial charge in [-0.15, -0.1) is 0 Å². The van der Waals surface area contributed by atoms with E-state index in [2.05, 4.69) is 3.21 Å². The molecular weight excluding hydrogens is 203 g/mol. The van der Waals surface area contributed by atoms with E-state index in [4.69, 9.17) is 5.73 Å². The fourth-order valence-corrected chi connectivity index (χ4v) is 0.328. The van der Waals surface area contributed by atoms with Gasteiger partial charge in [0.25, 0.3) is 0 Å². The minimum Gasteiger partial charge on any atom is -0.405 e. The van der Waals surface area contributed by atoms with Crippen molar-refractivity contribution in [3.05, 3.63) is 12.3 Å². The lowest BCUT2D eigenvalue weighted by Crippen LogP contribution is -1.83. The molecule has 0 atom stereocenters. The first kappa shape index (κ1) is 6.94. The molecule has 0 rings (SSSR count). The van der Waals surface area contributed by atoms with Crippen LogP contribution < -0.4 is 5.73 Å². The van der Waals surface area contributed by atoms with Crippen molar-refractivity contribution in [2.24, 2.45) is 8.94 Å². The van der Waals surface area contributed by atoms with Crippen LogP contribution in [0.25, 0.3) is 0 Å². The fourth-order valence-electron chi connectivity index (χ4n) is 0.167. The Labute approximate surface area is 57.0 Å². The minimum atomic E-state index is 0.933. The second-order valence-electron chi connectivity index (χ2n) is 1.09. The van der Waals surface area contributed by atoms with Crippen molar-refractivity contribution >= 4 is 28.6 Å². The Kier molecular flexibility index (Phi) is 4.07. The molecule has 0 aromatic heterocycles. The average Bonchev–Trinajstić information content (AvgIpc) is 1.68. The van der Waals surface area contributed by atoms with E-state index < -0.39 is 0 Å². The Bertz CT molecular complexity index is 95.9. The monoisotopic (exact) mass is 210 g/mol. The van der Waals surface area contributed by atoms with Gasteiger partial charge in [-0.1, -0.05) is 0 Å². The standard InChI is InChI=1S/C4H7IN2/c1-4(7-5)2-3-6/h2-3H,6H2,1H3.